The molecule has 5 heteroatoms. The molecular weight excluding hydrogens is 252 g/mol. The summed E-state index contributed by atoms with van der Waals surface area (Å²) in [7, 11) is 0. The molecule has 1 fully saturated rings. The average molecular weight is 267 g/mol. The Morgan fingerprint density at radius 1 is 1.33 bits per heavy atom. The summed E-state index contributed by atoms with van der Waals surface area (Å²) in [5, 5.41) is 5.93. The number of anilines is 1. The molecular formula is C13H15ClN2O2. The van der Waals surface area contributed by atoms with Crippen molar-refractivity contribution in [1.82, 2.24) is 5.32 Å². The first-order valence-electron chi connectivity index (χ1n) is 5.89. The maximum Gasteiger partial charge on any atom is 0.243 e. The lowest BCUT2D eigenvalue weighted by molar-refractivity contribution is -0.125. The summed E-state index contributed by atoms with van der Waals surface area (Å²) in [6.07, 6.45) is 0.921. The highest BCUT2D eigenvalue weighted by Gasteiger charge is 2.38. The maximum atomic E-state index is 11.6. The highest BCUT2D eigenvalue weighted by Crippen LogP contribution is 2.37. The molecule has 1 aliphatic rings. The zero-order valence-corrected chi connectivity index (χ0v) is 10.8. The van der Waals surface area contributed by atoms with Crippen molar-refractivity contribution < 1.29 is 9.59 Å². The zero-order chi connectivity index (χ0) is 13.1. The minimum absolute atomic E-state index is 0.00464. The van der Waals surface area contributed by atoms with Crippen LogP contribution in [0.5, 0.6) is 0 Å². The number of nitrogens with one attached hydrogen (secondary N) is 2. The second-order valence-corrected chi connectivity index (χ2v) is 5.03. The van der Waals surface area contributed by atoms with Crippen molar-refractivity contribution in [3.8, 4) is 0 Å². The number of hydrogen-bond donors (Lipinski definition) is 2. The molecule has 96 valence electrons. The van der Waals surface area contributed by atoms with Gasteiger partial charge in [0.15, 0.2) is 0 Å². The standard InChI is InChI=1S/C13H15ClN2O2/c1-8-6-11(8)13(18)15-7-12(17)16-10-4-2-9(14)3-5-10/h2-5,8,11H,6-7H2,1H3,(H,15,18)(H,16,17). The van der Waals surface area contributed by atoms with Crippen molar-refractivity contribution in [2.45, 2.75) is 13.3 Å². The Labute approximate surface area is 111 Å². The molecule has 2 amide bonds. The molecule has 1 saturated carbocycles. The van der Waals surface area contributed by atoms with E-state index < -0.39 is 0 Å². The van der Waals surface area contributed by atoms with E-state index >= 15 is 0 Å². The number of carbonyl (C=O) groups is 2. The van der Waals surface area contributed by atoms with Gasteiger partial charge in [-0.05, 0) is 36.6 Å². The number of amides is 2. The summed E-state index contributed by atoms with van der Waals surface area (Å²) in [5.74, 6) is 0.269. The van der Waals surface area contributed by atoms with Crippen molar-refractivity contribution in [3.63, 3.8) is 0 Å². The Kier molecular flexibility index (Phi) is 3.87. The van der Waals surface area contributed by atoms with Gasteiger partial charge < -0.3 is 10.6 Å². The van der Waals surface area contributed by atoms with Crippen LogP contribution in [-0.2, 0) is 9.59 Å². The molecule has 2 unspecified atom stereocenters. The van der Waals surface area contributed by atoms with Crippen LogP contribution in [0.25, 0.3) is 0 Å². The van der Waals surface area contributed by atoms with Gasteiger partial charge in [0.25, 0.3) is 0 Å². The molecule has 1 aromatic carbocycles. The first-order valence-corrected chi connectivity index (χ1v) is 6.27. The molecule has 2 rings (SSSR count). The van der Waals surface area contributed by atoms with Crippen molar-refractivity contribution >= 4 is 29.1 Å². The fourth-order valence-electron chi connectivity index (χ4n) is 1.72. The summed E-state index contributed by atoms with van der Waals surface area (Å²) in [5.41, 5.74) is 0.665. The Morgan fingerprint density at radius 2 is 1.94 bits per heavy atom. The van der Waals surface area contributed by atoms with Crippen LogP contribution in [0.3, 0.4) is 0 Å². The van der Waals surface area contributed by atoms with Gasteiger partial charge >= 0.3 is 0 Å². The molecule has 0 aromatic heterocycles. The Bertz CT molecular complexity index is 459. The fourth-order valence-corrected chi connectivity index (χ4v) is 1.85. The van der Waals surface area contributed by atoms with E-state index in [0.717, 1.165) is 6.42 Å². The molecule has 0 heterocycles. The predicted octanol–water partition coefficient (Wildman–Crippen LogP) is 2.05. The van der Waals surface area contributed by atoms with E-state index in [0.29, 0.717) is 16.6 Å². The lowest BCUT2D eigenvalue weighted by Gasteiger charge is -2.06. The van der Waals surface area contributed by atoms with Gasteiger partial charge in [-0.25, -0.2) is 0 Å². The van der Waals surface area contributed by atoms with Crippen molar-refractivity contribution in [1.29, 1.82) is 0 Å². The molecule has 2 N–H and O–H groups in total. The first-order chi connectivity index (χ1) is 8.56. The lowest BCUT2D eigenvalue weighted by Crippen LogP contribution is -2.34. The summed E-state index contributed by atoms with van der Waals surface area (Å²) in [4.78, 5) is 23.1. The normalized spacial score (nSPS) is 21.2. The topological polar surface area (TPSA) is 58.2 Å². The molecule has 0 spiro atoms. The monoisotopic (exact) mass is 266 g/mol. The minimum Gasteiger partial charge on any atom is -0.347 e. The summed E-state index contributed by atoms with van der Waals surface area (Å²) in [6, 6.07) is 6.82. The number of rotatable bonds is 4. The summed E-state index contributed by atoms with van der Waals surface area (Å²) in [6.45, 7) is 2.03. The Hall–Kier alpha value is -1.55. The fraction of sp³-hybridized carbons (Fsp3) is 0.385. The lowest BCUT2D eigenvalue weighted by atomic mass is 10.3. The highest BCUT2D eigenvalue weighted by molar-refractivity contribution is 6.30. The largest absolute Gasteiger partial charge is 0.347 e. The first kappa shape index (κ1) is 12.9. The van der Waals surface area contributed by atoms with Crippen molar-refractivity contribution in [2.24, 2.45) is 11.8 Å². The summed E-state index contributed by atoms with van der Waals surface area (Å²) >= 11 is 5.74. The number of carbonyl (C=O) groups excluding carboxylic acids is 2. The quantitative estimate of drug-likeness (QED) is 0.876. The Balaban J connectivity index is 1.75. The van der Waals surface area contributed by atoms with E-state index in [4.69, 9.17) is 11.6 Å². The third kappa shape index (κ3) is 3.47. The molecule has 2 atom stereocenters. The maximum absolute atomic E-state index is 11.6. The molecule has 4 nitrogen and oxygen atoms in total. The van der Waals surface area contributed by atoms with Gasteiger partial charge in [0.1, 0.15) is 0 Å². The van der Waals surface area contributed by atoms with Crippen molar-refractivity contribution in [2.75, 3.05) is 11.9 Å². The zero-order valence-electron chi connectivity index (χ0n) is 10.1. The van der Waals surface area contributed by atoms with Gasteiger partial charge in [-0.2, -0.15) is 0 Å². The average Bonchev–Trinajstić information content (AvgIpc) is 3.06. The summed E-state index contributed by atoms with van der Waals surface area (Å²) < 4.78 is 0. The van der Waals surface area contributed by atoms with Crippen LogP contribution in [0.4, 0.5) is 5.69 Å². The minimum atomic E-state index is -0.237. The van der Waals surface area contributed by atoms with Crippen molar-refractivity contribution in [3.05, 3.63) is 29.3 Å². The smallest absolute Gasteiger partial charge is 0.243 e. The molecule has 0 bridgehead atoms. The number of benzene rings is 1. The molecule has 1 aliphatic carbocycles. The van der Waals surface area contributed by atoms with Crippen LogP contribution >= 0.6 is 11.6 Å². The van der Waals surface area contributed by atoms with E-state index in [1.54, 1.807) is 24.3 Å². The molecule has 0 aliphatic heterocycles. The van der Waals surface area contributed by atoms with E-state index in [1.165, 1.54) is 0 Å². The number of halogens is 1. The highest BCUT2D eigenvalue weighted by atomic mass is 35.5. The van der Waals surface area contributed by atoms with Gasteiger partial charge in [-0.3, -0.25) is 9.59 Å². The van der Waals surface area contributed by atoms with Crippen LogP contribution in [0.2, 0.25) is 5.02 Å². The van der Waals surface area contributed by atoms with Gasteiger partial charge in [0.2, 0.25) is 11.8 Å². The molecule has 0 saturated heterocycles. The van der Waals surface area contributed by atoms with Crippen LogP contribution in [0.15, 0.2) is 24.3 Å². The van der Waals surface area contributed by atoms with E-state index in [1.807, 2.05) is 6.92 Å². The third-order valence-corrected chi connectivity index (χ3v) is 3.25. The van der Waals surface area contributed by atoms with E-state index in [-0.39, 0.29) is 24.3 Å². The second-order valence-electron chi connectivity index (χ2n) is 4.59. The molecule has 0 radical (unpaired) electrons. The number of hydrogen-bond acceptors (Lipinski definition) is 2. The van der Waals surface area contributed by atoms with Crippen LogP contribution in [0, 0.1) is 11.8 Å². The van der Waals surface area contributed by atoms with Crippen LogP contribution in [0.1, 0.15) is 13.3 Å². The van der Waals surface area contributed by atoms with E-state index in [9.17, 15) is 9.59 Å². The van der Waals surface area contributed by atoms with E-state index in [2.05, 4.69) is 10.6 Å². The SMILES string of the molecule is CC1CC1C(=O)NCC(=O)Nc1ccc(Cl)cc1. The Morgan fingerprint density at radius 3 is 2.50 bits per heavy atom. The van der Waals surface area contributed by atoms with Crippen LogP contribution < -0.4 is 10.6 Å². The van der Waals surface area contributed by atoms with Gasteiger partial charge in [0.05, 0.1) is 6.54 Å². The predicted molar refractivity (Wildman–Crippen MR) is 70.4 cm³/mol. The second kappa shape index (κ2) is 5.40. The van der Waals surface area contributed by atoms with Gasteiger partial charge in [0, 0.05) is 16.6 Å². The third-order valence-electron chi connectivity index (χ3n) is 3.00. The van der Waals surface area contributed by atoms with Gasteiger partial charge in [-0.15, -0.1) is 0 Å². The van der Waals surface area contributed by atoms with Gasteiger partial charge in [-0.1, -0.05) is 18.5 Å². The molecule has 18 heavy (non-hydrogen) atoms. The van der Waals surface area contributed by atoms with Crippen LogP contribution in [-0.4, -0.2) is 18.4 Å². The molecule has 1 aromatic rings.